The van der Waals surface area contributed by atoms with Gasteiger partial charge in [-0.1, -0.05) is 37.3 Å². The Morgan fingerprint density at radius 3 is 2.61 bits per heavy atom. The molecule has 0 saturated heterocycles. The van der Waals surface area contributed by atoms with E-state index in [1.54, 1.807) is 26.8 Å². The summed E-state index contributed by atoms with van der Waals surface area (Å²) in [6.45, 7) is 5.13. The fraction of sp³-hybridized carbons (Fsp3) is 0.308. The van der Waals surface area contributed by atoms with E-state index in [-0.39, 0.29) is 6.42 Å². The zero-order valence-corrected chi connectivity index (χ0v) is 18.9. The van der Waals surface area contributed by atoms with Crippen LogP contribution in [0.4, 0.5) is 0 Å². The van der Waals surface area contributed by atoms with Crippen molar-refractivity contribution in [2.24, 2.45) is 0 Å². The molecule has 7 heteroatoms. The predicted octanol–water partition coefficient (Wildman–Crippen LogP) is 4.43. The second-order valence-corrected chi connectivity index (χ2v) is 8.76. The summed E-state index contributed by atoms with van der Waals surface area (Å²) in [6, 6.07) is 13.2. The first-order chi connectivity index (χ1) is 15.8. The molecule has 5 rings (SSSR count). The number of hydrogen-bond donors (Lipinski definition) is 2. The SMILES string of the molecule is CCC(=O)Oc1c2ccc3ccccc3c2nc2c3c(cc(OC)c12)OC(C)(C)[C@H](O)[C@@H]3O. The van der Waals surface area contributed by atoms with E-state index < -0.39 is 23.8 Å². The van der Waals surface area contributed by atoms with Gasteiger partial charge in [-0.25, -0.2) is 4.98 Å². The molecule has 1 aliphatic heterocycles. The fourth-order valence-electron chi connectivity index (χ4n) is 4.48. The van der Waals surface area contributed by atoms with Gasteiger partial charge >= 0.3 is 5.97 Å². The van der Waals surface area contributed by atoms with Crippen molar-refractivity contribution in [1.82, 2.24) is 4.98 Å². The Labute approximate surface area is 190 Å². The number of aliphatic hydroxyl groups is 2. The summed E-state index contributed by atoms with van der Waals surface area (Å²) in [5.41, 5.74) is 0.281. The highest BCUT2D eigenvalue weighted by molar-refractivity contribution is 6.14. The number of rotatable bonds is 3. The summed E-state index contributed by atoms with van der Waals surface area (Å²) in [4.78, 5) is 17.4. The van der Waals surface area contributed by atoms with Crippen LogP contribution in [-0.4, -0.2) is 40.0 Å². The largest absolute Gasteiger partial charge is 0.496 e. The second kappa shape index (κ2) is 7.57. The van der Waals surface area contributed by atoms with Crippen LogP contribution in [0, 0.1) is 0 Å². The lowest BCUT2D eigenvalue weighted by molar-refractivity contribution is -0.133. The summed E-state index contributed by atoms with van der Waals surface area (Å²) in [5.74, 6) is 0.653. The molecular weight excluding hydrogens is 422 g/mol. The van der Waals surface area contributed by atoms with Crippen LogP contribution in [0.1, 0.15) is 38.9 Å². The van der Waals surface area contributed by atoms with E-state index >= 15 is 0 Å². The van der Waals surface area contributed by atoms with Crippen molar-refractivity contribution >= 4 is 38.5 Å². The van der Waals surface area contributed by atoms with E-state index in [4.69, 9.17) is 19.2 Å². The van der Waals surface area contributed by atoms with E-state index in [1.165, 1.54) is 7.11 Å². The molecular formula is C26H25NO6. The molecule has 7 nitrogen and oxygen atoms in total. The molecule has 0 bridgehead atoms. The lowest BCUT2D eigenvalue weighted by atomic mass is 9.86. The smallest absolute Gasteiger partial charge is 0.310 e. The molecule has 4 aromatic rings. The summed E-state index contributed by atoms with van der Waals surface area (Å²) >= 11 is 0. The maximum absolute atomic E-state index is 12.4. The lowest BCUT2D eigenvalue weighted by Crippen LogP contribution is -2.48. The van der Waals surface area contributed by atoms with Crippen LogP contribution in [0.2, 0.25) is 0 Å². The van der Waals surface area contributed by atoms with E-state index in [0.717, 1.165) is 10.8 Å². The maximum Gasteiger partial charge on any atom is 0.310 e. The first-order valence-corrected chi connectivity index (χ1v) is 10.9. The van der Waals surface area contributed by atoms with Gasteiger partial charge in [0.1, 0.15) is 29.3 Å². The van der Waals surface area contributed by atoms with E-state index in [2.05, 4.69) is 0 Å². The minimum Gasteiger partial charge on any atom is -0.496 e. The molecule has 33 heavy (non-hydrogen) atoms. The van der Waals surface area contributed by atoms with Crippen molar-refractivity contribution in [2.75, 3.05) is 7.11 Å². The van der Waals surface area contributed by atoms with Gasteiger partial charge in [0.2, 0.25) is 0 Å². The predicted molar refractivity (Wildman–Crippen MR) is 125 cm³/mol. The minimum atomic E-state index is -1.26. The molecule has 0 amide bonds. The molecule has 1 aromatic heterocycles. The number of carbonyl (C=O) groups is 1. The van der Waals surface area contributed by atoms with Gasteiger partial charge in [0, 0.05) is 23.3 Å². The second-order valence-electron chi connectivity index (χ2n) is 8.76. The molecule has 2 atom stereocenters. The van der Waals surface area contributed by atoms with E-state index in [9.17, 15) is 15.0 Å². The number of carbonyl (C=O) groups excluding carboxylic acids is 1. The van der Waals surface area contributed by atoms with Crippen molar-refractivity contribution in [2.45, 2.75) is 45.0 Å². The Balaban J connectivity index is 1.99. The molecule has 1 aliphatic rings. The van der Waals surface area contributed by atoms with Crippen LogP contribution < -0.4 is 14.2 Å². The van der Waals surface area contributed by atoms with E-state index in [0.29, 0.717) is 44.6 Å². The normalized spacial score (nSPS) is 19.3. The number of nitrogens with zero attached hydrogens (tertiary/aromatic N) is 1. The van der Waals surface area contributed by atoms with Gasteiger partial charge < -0.3 is 24.4 Å². The molecule has 2 N–H and O–H groups in total. The van der Waals surface area contributed by atoms with Crippen LogP contribution in [0.25, 0.3) is 32.6 Å². The third kappa shape index (κ3) is 3.19. The Morgan fingerprint density at radius 1 is 1.12 bits per heavy atom. The van der Waals surface area contributed by atoms with Crippen LogP contribution in [0.5, 0.6) is 17.2 Å². The number of pyridine rings is 1. The third-order valence-electron chi connectivity index (χ3n) is 6.27. The highest BCUT2D eigenvalue weighted by Crippen LogP contribution is 2.50. The lowest BCUT2D eigenvalue weighted by Gasteiger charge is -2.40. The van der Waals surface area contributed by atoms with Gasteiger partial charge in [-0.2, -0.15) is 0 Å². The zero-order chi connectivity index (χ0) is 23.5. The fourth-order valence-corrected chi connectivity index (χ4v) is 4.48. The topological polar surface area (TPSA) is 98.1 Å². The molecule has 0 unspecified atom stereocenters. The van der Waals surface area contributed by atoms with Crippen molar-refractivity contribution in [1.29, 1.82) is 0 Å². The number of ether oxygens (including phenoxy) is 3. The Bertz CT molecular complexity index is 1430. The summed E-state index contributed by atoms with van der Waals surface area (Å²) < 4.78 is 17.5. The van der Waals surface area contributed by atoms with E-state index in [1.807, 2.05) is 36.4 Å². The molecule has 0 fully saturated rings. The van der Waals surface area contributed by atoms with Gasteiger partial charge in [-0.05, 0) is 25.3 Å². The van der Waals surface area contributed by atoms with Gasteiger partial charge in [0.05, 0.1) is 29.1 Å². The highest BCUT2D eigenvalue weighted by atomic mass is 16.5. The quantitative estimate of drug-likeness (QED) is 0.272. The molecule has 170 valence electrons. The summed E-state index contributed by atoms with van der Waals surface area (Å²) in [6.07, 6.45) is -2.26. The number of aromatic nitrogens is 1. The average Bonchev–Trinajstić information content (AvgIpc) is 2.81. The molecule has 2 heterocycles. The van der Waals surface area contributed by atoms with Gasteiger partial charge in [-0.15, -0.1) is 0 Å². The summed E-state index contributed by atoms with van der Waals surface area (Å²) in [5, 5.41) is 24.8. The Hall–Kier alpha value is -3.42. The minimum absolute atomic E-state index is 0.185. The number of fused-ring (bicyclic) bond motifs is 6. The van der Waals surface area contributed by atoms with Gasteiger partial charge in [0.15, 0.2) is 5.75 Å². The van der Waals surface area contributed by atoms with Crippen molar-refractivity contribution in [3.05, 3.63) is 48.0 Å². The molecule has 0 radical (unpaired) electrons. The molecule has 3 aromatic carbocycles. The van der Waals surface area contributed by atoms with Crippen LogP contribution >= 0.6 is 0 Å². The number of methoxy groups -OCH3 is 1. The third-order valence-corrected chi connectivity index (χ3v) is 6.27. The first kappa shape index (κ1) is 21.4. The molecule has 0 aliphatic carbocycles. The Morgan fingerprint density at radius 2 is 1.88 bits per heavy atom. The number of benzene rings is 3. The number of aliphatic hydroxyl groups excluding tert-OH is 2. The first-order valence-electron chi connectivity index (χ1n) is 10.9. The van der Waals surface area contributed by atoms with Crippen LogP contribution in [0.3, 0.4) is 0 Å². The maximum atomic E-state index is 12.4. The standard InChI is InChI=1S/C26H25NO6/c1-5-18(28)32-24-15-11-10-13-8-6-7-9-14(13)21(15)27-22-19-17(12-16(31-4)20(22)24)33-26(2,3)25(30)23(19)29/h6-12,23,25,29-30H,5H2,1-4H3/t23-,25-/m1/s1. The number of hydrogen-bond acceptors (Lipinski definition) is 7. The molecule has 0 saturated carbocycles. The van der Waals surface area contributed by atoms with Crippen molar-refractivity contribution in [3.63, 3.8) is 0 Å². The number of esters is 1. The Kier molecular flexibility index (Phi) is 4.92. The average molecular weight is 447 g/mol. The van der Waals surface area contributed by atoms with Gasteiger partial charge in [-0.3, -0.25) is 4.79 Å². The van der Waals surface area contributed by atoms with Gasteiger partial charge in [0.25, 0.3) is 0 Å². The zero-order valence-electron chi connectivity index (χ0n) is 18.9. The highest BCUT2D eigenvalue weighted by Gasteiger charge is 2.44. The monoisotopic (exact) mass is 447 g/mol. The van der Waals surface area contributed by atoms with Crippen LogP contribution in [-0.2, 0) is 4.79 Å². The molecule has 0 spiro atoms. The van der Waals surface area contributed by atoms with Crippen molar-refractivity contribution < 1.29 is 29.2 Å². The summed E-state index contributed by atoms with van der Waals surface area (Å²) in [7, 11) is 1.51. The van der Waals surface area contributed by atoms with Crippen LogP contribution in [0.15, 0.2) is 42.5 Å². The van der Waals surface area contributed by atoms with Crippen molar-refractivity contribution in [3.8, 4) is 17.2 Å².